The Kier molecular flexibility index (Phi) is 6.44. The van der Waals surface area contributed by atoms with Crippen LogP contribution >= 0.6 is 7.82 Å². The van der Waals surface area contributed by atoms with Crippen LogP contribution in [0.4, 0.5) is 16.5 Å². The number of hydrogen-bond acceptors (Lipinski definition) is 13. The molecule has 1 saturated heterocycles. The summed E-state index contributed by atoms with van der Waals surface area (Å²) in [5.41, 5.74) is 5.27. The van der Waals surface area contributed by atoms with Crippen molar-refractivity contribution in [3.05, 3.63) is 47.1 Å². The second-order valence-corrected chi connectivity index (χ2v) is 9.84. The van der Waals surface area contributed by atoms with Crippen LogP contribution in [-0.4, -0.2) is 56.0 Å². The first-order valence-corrected chi connectivity index (χ1v) is 13.1. The molecule has 18 heteroatoms. The predicted molar refractivity (Wildman–Crippen MR) is 131 cm³/mol. The molecule has 1 fully saturated rings. The van der Waals surface area contributed by atoms with Crippen molar-refractivity contribution in [2.75, 3.05) is 24.5 Å². The highest BCUT2D eigenvalue weighted by Crippen LogP contribution is 2.43. The molecule has 4 aromatic rings. The van der Waals surface area contributed by atoms with Crippen LogP contribution in [0.15, 0.2) is 50.3 Å². The van der Waals surface area contributed by atoms with Gasteiger partial charge in [-0.25, -0.2) is 19.1 Å². The summed E-state index contributed by atoms with van der Waals surface area (Å²) in [6.45, 7) is -0.353. The molecule has 1 amide bonds. The second kappa shape index (κ2) is 9.96. The van der Waals surface area contributed by atoms with E-state index in [9.17, 15) is 23.9 Å². The molecular weight excluding hydrogens is 557 g/mol. The van der Waals surface area contributed by atoms with E-state index < -0.39 is 44.6 Å². The maximum absolute atomic E-state index is 12.4. The van der Waals surface area contributed by atoms with E-state index in [2.05, 4.69) is 15.3 Å². The maximum Gasteiger partial charge on any atom is 0.469 e. The van der Waals surface area contributed by atoms with Crippen molar-refractivity contribution < 1.29 is 51.5 Å². The van der Waals surface area contributed by atoms with Gasteiger partial charge in [0.25, 0.3) is 5.89 Å². The number of benzene rings is 1. The zero-order chi connectivity index (χ0) is 28.0. The summed E-state index contributed by atoms with van der Waals surface area (Å²) in [7, 11) is -4.94. The number of carbonyl (C=O) groups is 1. The van der Waals surface area contributed by atoms with Gasteiger partial charge in [0.2, 0.25) is 12.7 Å². The molecule has 210 valence electrons. The van der Waals surface area contributed by atoms with Gasteiger partial charge in [0, 0.05) is 24.1 Å². The molecule has 0 bridgehead atoms. The number of nitrogens with one attached hydrogen (secondary N) is 1. The van der Waals surface area contributed by atoms with Crippen LogP contribution in [0.5, 0.6) is 11.5 Å². The smallest absolute Gasteiger partial charge is 0.454 e. The lowest BCUT2D eigenvalue weighted by molar-refractivity contribution is -0.0468. The van der Waals surface area contributed by atoms with E-state index in [4.69, 9.17) is 38.0 Å². The summed E-state index contributed by atoms with van der Waals surface area (Å²) in [6.07, 6.45) is -1.93. The lowest BCUT2D eigenvalue weighted by atomic mass is 10.2. The minimum atomic E-state index is -4.94. The molecule has 0 saturated carbocycles. The fourth-order valence-electron chi connectivity index (χ4n) is 4.23. The van der Waals surface area contributed by atoms with Crippen molar-refractivity contribution in [3.63, 3.8) is 0 Å². The average Bonchev–Trinajstić information content (AvgIpc) is 3.66. The van der Waals surface area contributed by atoms with Crippen LogP contribution in [0.3, 0.4) is 0 Å². The molecule has 17 nitrogen and oxygen atoms in total. The first-order valence-electron chi connectivity index (χ1n) is 11.6. The van der Waals surface area contributed by atoms with Gasteiger partial charge in [-0.3, -0.25) is 14.4 Å². The van der Waals surface area contributed by atoms with E-state index in [-0.39, 0.29) is 36.6 Å². The van der Waals surface area contributed by atoms with E-state index in [0.29, 0.717) is 17.1 Å². The molecule has 0 aliphatic carbocycles. The third-order valence-electron chi connectivity index (χ3n) is 5.95. The van der Waals surface area contributed by atoms with Gasteiger partial charge in [-0.15, -0.1) is 0 Å². The molecule has 3 atom stereocenters. The van der Waals surface area contributed by atoms with E-state index in [1.54, 1.807) is 18.2 Å². The molecule has 6 rings (SSSR count). The lowest BCUT2D eigenvalue weighted by Crippen LogP contribution is -2.31. The van der Waals surface area contributed by atoms with E-state index >= 15 is 0 Å². The highest BCUT2D eigenvalue weighted by molar-refractivity contribution is 7.46. The minimum Gasteiger partial charge on any atom is -0.454 e. The first kappa shape index (κ1) is 25.8. The minimum absolute atomic E-state index is 0.0118. The highest BCUT2D eigenvalue weighted by Gasteiger charge is 2.41. The van der Waals surface area contributed by atoms with Crippen molar-refractivity contribution in [2.24, 2.45) is 0 Å². The Labute approximate surface area is 222 Å². The number of aromatic nitrogens is 3. The summed E-state index contributed by atoms with van der Waals surface area (Å²) in [4.78, 5) is 50.8. The molecule has 0 spiro atoms. The Morgan fingerprint density at radius 3 is 2.80 bits per heavy atom. The van der Waals surface area contributed by atoms with E-state index in [0.717, 1.165) is 9.95 Å². The van der Waals surface area contributed by atoms with Gasteiger partial charge in [0.05, 0.1) is 6.20 Å². The molecule has 3 aromatic heterocycles. The van der Waals surface area contributed by atoms with Crippen molar-refractivity contribution in [3.8, 4) is 23.1 Å². The SMILES string of the molecule is Nc1ccn([C@H]2C[C@H](OP(=O)(O)O)[C@@H](COC(=O)Nc3cnc(-c4cc5cc6c(cc5o4)OCO6)o3)O2)c(=O)n1. The largest absolute Gasteiger partial charge is 0.469 e. The number of phosphoric acid groups is 1. The molecule has 5 heterocycles. The number of hydrogen-bond donors (Lipinski definition) is 4. The number of ether oxygens (including phenoxy) is 4. The predicted octanol–water partition coefficient (Wildman–Crippen LogP) is 1.97. The number of nitrogen functional groups attached to an aromatic ring is 1. The normalized spacial score (nSPS) is 20.2. The number of oxazole rings is 1. The van der Waals surface area contributed by atoms with Crippen molar-refractivity contribution in [1.29, 1.82) is 0 Å². The Morgan fingerprint density at radius 2 is 2.02 bits per heavy atom. The van der Waals surface area contributed by atoms with Crippen LogP contribution in [0.2, 0.25) is 0 Å². The third kappa shape index (κ3) is 5.36. The Bertz CT molecular complexity index is 1650. The molecule has 5 N–H and O–H groups in total. The number of rotatable bonds is 7. The van der Waals surface area contributed by atoms with E-state index in [1.165, 1.54) is 18.5 Å². The average molecular weight is 577 g/mol. The Balaban J connectivity index is 1.10. The molecule has 0 radical (unpaired) electrons. The van der Waals surface area contributed by atoms with Gasteiger partial charge in [0.1, 0.15) is 36.4 Å². The zero-order valence-corrected chi connectivity index (χ0v) is 21.1. The number of carbonyl (C=O) groups excluding carboxylic acids is 1. The van der Waals surface area contributed by atoms with Gasteiger partial charge >= 0.3 is 19.6 Å². The van der Waals surface area contributed by atoms with Gasteiger partial charge in [-0.1, -0.05) is 0 Å². The number of nitrogens with two attached hydrogens (primary N) is 1. The van der Waals surface area contributed by atoms with Crippen molar-refractivity contribution >= 4 is 36.6 Å². The van der Waals surface area contributed by atoms with Crippen molar-refractivity contribution in [2.45, 2.75) is 24.9 Å². The summed E-state index contributed by atoms with van der Waals surface area (Å²) in [5, 5.41) is 3.07. The fourth-order valence-corrected chi connectivity index (χ4v) is 4.80. The quantitative estimate of drug-likeness (QED) is 0.230. The fraction of sp³-hybridized carbons (Fsp3) is 0.273. The van der Waals surface area contributed by atoms with Gasteiger partial charge in [0.15, 0.2) is 17.3 Å². The molecular formula is C22H20N5O12P. The van der Waals surface area contributed by atoms with Crippen LogP contribution < -0.4 is 26.2 Å². The van der Waals surface area contributed by atoms with Gasteiger partial charge in [-0.05, 0) is 18.2 Å². The zero-order valence-electron chi connectivity index (χ0n) is 20.2. The molecule has 2 aliphatic rings. The number of furan rings is 1. The van der Waals surface area contributed by atoms with E-state index in [1.807, 2.05) is 0 Å². The van der Waals surface area contributed by atoms with Crippen LogP contribution in [0.1, 0.15) is 12.6 Å². The summed E-state index contributed by atoms with van der Waals surface area (Å²) in [6, 6.07) is 6.47. The number of fused-ring (bicyclic) bond motifs is 2. The maximum atomic E-state index is 12.4. The summed E-state index contributed by atoms with van der Waals surface area (Å²) < 4.78 is 50.1. The topological polar surface area (TPSA) is 233 Å². The van der Waals surface area contributed by atoms with Crippen LogP contribution in [0, 0.1) is 0 Å². The number of phosphoric ester groups is 1. The van der Waals surface area contributed by atoms with Crippen LogP contribution in [0.25, 0.3) is 22.6 Å². The summed E-state index contributed by atoms with van der Waals surface area (Å²) in [5.74, 6) is 1.42. The second-order valence-electron chi connectivity index (χ2n) is 8.65. The lowest BCUT2D eigenvalue weighted by Gasteiger charge is -2.18. The number of nitrogens with zero attached hydrogens (tertiary/aromatic N) is 3. The Morgan fingerprint density at radius 1 is 1.23 bits per heavy atom. The number of amides is 1. The van der Waals surface area contributed by atoms with Crippen LogP contribution in [-0.2, 0) is 18.6 Å². The first-order chi connectivity index (χ1) is 19.1. The summed E-state index contributed by atoms with van der Waals surface area (Å²) >= 11 is 0. The van der Waals surface area contributed by atoms with Crippen molar-refractivity contribution in [1.82, 2.24) is 14.5 Å². The number of anilines is 2. The standard InChI is InChI=1S/C22H20N5O12P/c23-17-1-2-27(21(28)25-17)19-6-14(39-40(30,31)32)16(37-19)8-33-22(29)26-18-7-24-20(38-18)15-4-10-3-12-13(35-9-34-12)5-11(10)36-15/h1-5,7,14,16,19H,6,8-9H2,(H,26,29)(H2,23,25,28)(H2,30,31,32)/t14-,16+,19+/m0/s1. The van der Waals surface area contributed by atoms with Gasteiger partial charge in [-0.2, -0.15) is 4.98 Å². The monoisotopic (exact) mass is 577 g/mol. The highest BCUT2D eigenvalue weighted by atomic mass is 31.2. The molecule has 1 aromatic carbocycles. The third-order valence-corrected chi connectivity index (χ3v) is 6.49. The molecule has 40 heavy (non-hydrogen) atoms. The molecule has 0 unspecified atom stereocenters. The Hall–Kier alpha value is -4.41. The molecule has 2 aliphatic heterocycles. The van der Waals surface area contributed by atoms with Gasteiger partial charge < -0.3 is 43.3 Å².